The molecule has 0 heterocycles. The van der Waals surface area contributed by atoms with E-state index in [1.165, 1.54) is 24.3 Å². The second-order valence-electron chi connectivity index (χ2n) is 4.30. The summed E-state index contributed by atoms with van der Waals surface area (Å²) in [6.45, 7) is 2.01. The van der Waals surface area contributed by atoms with Crippen LogP contribution in [0.3, 0.4) is 0 Å². The van der Waals surface area contributed by atoms with Crippen LogP contribution in [0, 0.1) is 17.1 Å². The minimum Gasteiger partial charge on any atom is -0.449 e. The molecule has 0 aliphatic carbocycles. The Morgan fingerprint density at radius 2 is 2.09 bits per heavy atom. The van der Waals surface area contributed by atoms with Crippen molar-refractivity contribution in [2.24, 2.45) is 5.73 Å². The maximum atomic E-state index is 12.8. The number of amides is 2. The Bertz CT molecular complexity index is 623. The highest BCUT2D eigenvalue weighted by Crippen LogP contribution is 2.10. The van der Waals surface area contributed by atoms with E-state index in [0.29, 0.717) is 5.69 Å². The molecular formula is C15H17FN4O3. The van der Waals surface area contributed by atoms with Crippen molar-refractivity contribution in [2.45, 2.75) is 6.92 Å². The minimum absolute atomic E-state index is 0.0911. The Hall–Kier alpha value is -2.92. The first-order valence-corrected chi connectivity index (χ1v) is 6.84. The average molecular weight is 320 g/mol. The molecule has 0 fully saturated rings. The molecular weight excluding hydrogens is 303 g/mol. The maximum Gasteiger partial charge on any atom is 0.413 e. The van der Waals surface area contributed by atoms with Crippen LogP contribution in [0.25, 0.3) is 0 Å². The molecule has 1 aromatic rings. The number of rotatable bonds is 6. The highest BCUT2D eigenvalue weighted by atomic mass is 19.1. The zero-order valence-corrected chi connectivity index (χ0v) is 12.6. The van der Waals surface area contributed by atoms with Gasteiger partial charge in [0.15, 0.2) is 0 Å². The number of benzene rings is 1. The van der Waals surface area contributed by atoms with Crippen molar-refractivity contribution in [3.63, 3.8) is 0 Å². The van der Waals surface area contributed by atoms with Crippen LogP contribution in [0.1, 0.15) is 6.92 Å². The molecule has 0 spiro atoms. The third kappa shape index (κ3) is 5.76. The van der Waals surface area contributed by atoms with Crippen molar-refractivity contribution in [1.29, 1.82) is 5.26 Å². The van der Waals surface area contributed by atoms with E-state index < -0.39 is 17.8 Å². The number of nitriles is 1. The van der Waals surface area contributed by atoms with E-state index in [2.05, 4.69) is 5.32 Å². The molecule has 0 radical (unpaired) electrons. The van der Waals surface area contributed by atoms with Crippen molar-refractivity contribution in [2.75, 3.05) is 25.0 Å². The lowest BCUT2D eigenvalue weighted by Gasteiger charge is -2.17. The van der Waals surface area contributed by atoms with Gasteiger partial charge < -0.3 is 15.8 Å². The molecule has 3 N–H and O–H groups in total. The second-order valence-corrected chi connectivity index (χ2v) is 4.30. The van der Waals surface area contributed by atoms with Gasteiger partial charge in [0.05, 0.1) is 6.61 Å². The zero-order chi connectivity index (χ0) is 17.2. The summed E-state index contributed by atoms with van der Waals surface area (Å²) in [6, 6.07) is 6.75. The Morgan fingerprint density at radius 3 is 2.61 bits per heavy atom. The lowest BCUT2D eigenvalue weighted by molar-refractivity contribution is -0.112. The molecule has 23 heavy (non-hydrogen) atoms. The van der Waals surface area contributed by atoms with Crippen LogP contribution in [-0.4, -0.2) is 36.6 Å². The van der Waals surface area contributed by atoms with E-state index in [9.17, 15) is 14.0 Å². The standard InChI is InChI=1S/C15H17FN4O3/c1-2-23-15(22)20(8-7-17)10-11(9-18)14(21)19-13-5-3-12(16)4-6-13/h3-6,10H,2,7-8,17H2,1H3,(H,19,21)/b11-10-. The Labute approximate surface area is 133 Å². The number of halogens is 1. The Balaban J connectivity index is 2.90. The van der Waals surface area contributed by atoms with Crippen LogP contribution in [0.5, 0.6) is 0 Å². The summed E-state index contributed by atoms with van der Waals surface area (Å²) in [4.78, 5) is 24.8. The van der Waals surface area contributed by atoms with Crippen LogP contribution in [-0.2, 0) is 9.53 Å². The SMILES string of the molecule is CCOC(=O)N(/C=C(/C#N)C(=O)Nc1ccc(F)cc1)CCN. The van der Waals surface area contributed by atoms with Crippen molar-refractivity contribution in [1.82, 2.24) is 4.90 Å². The fourth-order valence-electron chi connectivity index (χ4n) is 1.58. The molecule has 0 aromatic heterocycles. The molecule has 1 rings (SSSR count). The van der Waals surface area contributed by atoms with Gasteiger partial charge in [-0.2, -0.15) is 5.26 Å². The van der Waals surface area contributed by atoms with Crippen molar-refractivity contribution in [3.8, 4) is 6.07 Å². The van der Waals surface area contributed by atoms with Crippen LogP contribution in [0.2, 0.25) is 0 Å². The molecule has 0 aliphatic rings. The number of nitrogens with zero attached hydrogens (tertiary/aromatic N) is 2. The van der Waals surface area contributed by atoms with Crippen LogP contribution < -0.4 is 11.1 Å². The topological polar surface area (TPSA) is 108 Å². The fraction of sp³-hybridized carbons (Fsp3) is 0.267. The summed E-state index contributed by atoms with van der Waals surface area (Å²) in [6.07, 6.45) is 0.365. The summed E-state index contributed by atoms with van der Waals surface area (Å²) in [5.74, 6) is -1.18. The predicted octanol–water partition coefficient (Wildman–Crippen LogP) is 1.59. The molecule has 0 unspecified atom stereocenters. The molecule has 1 aromatic carbocycles. The number of carbonyl (C=O) groups is 2. The summed E-state index contributed by atoms with van der Waals surface area (Å²) in [7, 11) is 0. The lowest BCUT2D eigenvalue weighted by atomic mass is 10.2. The molecule has 8 heteroatoms. The number of hydrogen-bond acceptors (Lipinski definition) is 5. The van der Waals surface area contributed by atoms with Crippen molar-refractivity contribution in [3.05, 3.63) is 41.9 Å². The monoisotopic (exact) mass is 320 g/mol. The zero-order valence-electron chi connectivity index (χ0n) is 12.6. The summed E-state index contributed by atoms with van der Waals surface area (Å²) in [5.41, 5.74) is 5.41. The molecule has 0 aliphatic heterocycles. The smallest absolute Gasteiger partial charge is 0.413 e. The normalized spacial score (nSPS) is 10.6. The largest absolute Gasteiger partial charge is 0.449 e. The second kappa shape index (κ2) is 9.17. The van der Waals surface area contributed by atoms with Gasteiger partial charge in [-0.1, -0.05) is 0 Å². The predicted molar refractivity (Wildman–Crippen MR) is 81.5 cm³/mol. The van der Waals surface area contributed by atoms with Gasteiger partial charge in [0, 0.05) is 25.0 Å². The van der Waals surface area contributed by atoms with E-state index in [-0.39, 0.29) is 25.3 Å². The van der Waals surface area contributed by atoms with Gasteiger partial charge in [0.1, 0.15) is 17.5 Å². The lowest BCUT2D eigenvalue weighted by Crippen LogP contribution is -2.32. The number of nitrogens with two attached hydrogens (primary N) is 1. The fourth-order valence-corrected chi connectivity index (χ4v) is 1.58. The molecule has 0 atom stereocenters. The molecule has 0 saturated carbocycles. The summed E-state index contributed by atoms with van der Waals surface area (Å²) < 4.78 is 17.6. The quantitative estimate of drug-likeness (QED) is 0.611. The maximum absolute atomic E-state index is 12.8. The first kappa shape index (κ1) is 18.1. The number of hydrogen-bond donors (Lipinski definition) is 2. The van der Waals surface area contributed by atoms with E-state index >= 15 is 0 Å². The van der Waals surface area contributed by atoms with Gasteiger partial charge in [-0.15, -0.1) is 0 Å². The highest BCUT2D eigenvalue weighted by Gasteiger charge is 2.16. The molecule has 0 bridgehead atoms. The Morgan fingerprint density at radius 1 is 1.43 bits per heavy atom. The molecule has 2 amide bonds. The molecule has 122 valence electrons. The van der Waals surface area contributed by atoms with Gasteiger partial charge in [-0.3, -0.25) is 9.69 Å². The first-order valence-electron chi connectivity index (χ1n) is 6.84. The van der Waals surface area contributed by atoms with Crippen LogP contribution in [0.15, 0.2) is 36.0 Å². The van der Waals surface area contributed by atoms with E-state index in [4.69, 9.17) is 15.7 Å². The van der Waals surface area contributed by atoms with Gasteiger partial charge in [-0.05, 0) is 31.2 Å². The average Bonchev–Trinajstić information content (AvgIpc) is 2.53. The molecule has 0 saturated heterocycles. The summed E-state index contributed by atoms with van der Waals surface area (Å²) in [5, 5.41) is 11.5. The number of nitrogens with one attached hydrogen (secondary N) is 1. The van der Waals surface area contributed by atoms with Crippen molar-refractivity contribution >= 4 is 17.7 Å². The summed E-state index contributed by atoms with van der Waals surface area (Å²) >= 11 is 0. The molecule has 7 nitrogen and oxygen atoms in total. The van der Waals surface area contributed by atoms with E-state index in [1.54, 1.807) is 13.0 Å². The number of carbonyl (C=O) groups excluding carboxylic acids is 2. The third-order valence-corrected chi connectivity index (χ3v) is 2.62. The van der Waals surface area contributed by atoms with Gasteiger partial charge in [-0.25, -0.2) is 9.18 Å². The van der Waals surface area contributed by atoms with Crippen LogP contribution in [0.4, 0.5) is 14.9 Å². The van der Waals surface area contributed by atoms with Gasteiger partial charge >= 0.3 is 6.09 Å². The Kier molecular flexibility index (Phi) is 7.23. The first-order chi connectivity index (χ1) is 11.0. The number of ether oxygens (including phenoxy) is 1. The van der Waals surface area contributed by atoms with Gasteiger partial charge in [0.2, 0.25) is 0 Å². The van der Waals surface area contributed by atoms with E-state index in [1.807, 2.05) is 0 Å². The van der Waals surface area contributed by atoms with Gasteiger partial charge in [0.25, 0.3) is 5.91 Å². The minimum atomic E-state index is -0.731. The highest BCUT2D eigenvalue weighted by molar-refractivity contribution is 6.06. The van der Waals surface area contributed by atoms with E-state index in [0.717, 1.165) is 11.1 Å². The van der Waals surface area contributed by atoms with Crippen LogP contribution >= 0.6 is 0 Å². The van der Waals surface area contributed by atoms with Crippen molar-refractivity contribution < 1.29 is 18.7 Å². The number of anilines is 1. The third-order valence-electron chi connectivity index (χ3n) is 2.62.